The third-order valence-electron chi connectivity index (χ3n) is 4.00. The lowest BCUT2D eigenvalue weighted by atomic mass is 9.90. The highest BCUT2D eigenvalue weighted by molar-refractivity contribution is 5.48. The van der Waals surface area contributed by atoms with Crippen molar-refractivity contribution < 1.29 is 14.3 Å². The molecule has 2 aliphatic rings. The predicted molar refractivity (Wildman–Crippen MR) is 67.8 cm³/mol. The second-order valence-corrected chi connectivity index (χ2v) is 5.17. The van der Waals surface area contributed by atoms with Crippen LogP contribution in [-0.4, -0.2) is 48.4 Å². The topological polar surface area (TPSA) is 50.8 Å². The van der Waals surface area contributed by atoms with Crippen LogP contribution in [0.3, 0.4) is 0 Å². The van der Waals surface area contributed by atoms with Crippen LogP contribution in [0, 0.1) is 0 Å². The van der Waals surface area contributed by atoms with Gasteiger partial charge in [-0.3, -0.25) is 4.79 Å². The van der Waals surface area contributed by atoms with Gasteiger partial charge in [0.25, 0.3) is 0 Å². The minimum Gasteiger partial charge on any atom is -0.384 e. The van der Waals surface area contributed by atoms with E-state index in [-0.39, 0.29) is 24.0 Å². The van der Waals surface area contributed by atoms with Crippen molar-refractivity contribution in [2.75, 3.05) is 13.2 Å². The van der Waals surface area contributed by atoms with Crippen molar-refractivity contribution >= 4 is 6.41 Å². The van der Waals surface area contributed by atoms with Gasteiger partial charge in [0.05, 0.1) is 12.6 Å². The first-order chi connectivity index (χ1) is 8.61. The van der Waals surface area contributed by atoms with Gasteiger partial charge in [-0.05, 0) is 32.9 Å². The maximum absolute atomic E-state index is 11.1. The average Bonchev–Trinajstić information content (AvgIpc) is 2.68. The smallest absolute Gasteiger partial charge is 0.210 e. The Hall–Kier alpha value is -1.07. The van der Waals surface area contributed by atoms with Gasteiger partial charge < -0.3 is 19.7 Å². The molecule has 4 atom stereocenters. The maximum atomic E-state index is 11.1. The van der Waals surface area contributed by atoms with Gasteiger partial charge in [-0.1, -0.05) is 6.58 Å². The Morgan fingerprint density at radius 2 is 2.28 bits per heavy atom. The van der Waals surface area contributed by atoms with Crippen LogP contribution < -0.4 is 5.32 Å². The molecule has 18 heavy (non-hydrogen) atoms. The zero-order chi connectivity index (χ0) is 13.2. The number of hydrogen-bond donors (Lipinski definition) is 1. The fourth-order valence-electron chi connectivity index (χ4n) is 2.81. The Morgan fingerprint density at radius 1 is 1.50 bits per heavy atom. The van der Waals surface area contributed by atoms with Gasteiger partial charge in [0.1, 0.15) is 5.60 Å². The van der Waals surface area contributed by atoms with Crippen molar-refractivity contribution in [2.24, 2.45) is 0 Å². The molecule has 0 bridgehead atoms. The monoisotopic (exact) mass is 254 g/mol. The fourth-order valence-corrected chi connectivity index (χ4v) is 2.81. The SMILES string of the molecule is C=CN[C@@H]1CN(C=O)[C@@H](C)CC[C@]12COC(C)O2. The Balaban J connectivity index is 2.21. The first-order valence-electron chi connectivity index (χ1n) is 6.49. The van der Waals surface area contributed by atoms with E-state index in [0.717, 1.165) is 19.3 Å². The van der Waals surface area contributed by atoms with Gasteiger partial charge in [0.15, 0.2) is 6.29 Å². The van der Waals surface area contributed by atoms with Gasteiger partial charge in [-0.25, -0.2) is 0 Å². The quantitative estimate of drug-likeness (QED) is 0.759. The van der Waals surface area contributed by atoms with Crippen LogP contribution in [-0.2, 0) is 14.3 Å². The van der Waals surface area contributed by atoms with Crippen molar-refractivity contribution in [3.63, 3.8) is 0 Å². The number of rotatable bonds is 3. The summed E-state index contributed by atoms with van der Waals surface area (Å²) in [5.74, 6) is 0. The molecule has 1 amide bonds. The summed E-state index contributed by atoms with van der Waals surface area (Å²) >= 11 is 0. The van der Waals surface area contributed by atoms with E-state index in [1.54, 1.807) is 6.20 Å². The number of nitrogens with zero attached hydrogens (tertiary/aromatic N) is 1. The first-order valence-corrected chi connectivity index (χ1v) is 6.49. The molecule has 1 N–H and O–H groups in total. The molecule has 2 rings (SSSR count). The lowest BCUT2D eigenvalue weighted by molar-refractivity contribution is -0.120. The van der Waals surface area contributed by atoms with Gasteiger partial charge in [0.2, 0.25) is 6.41 Å². The van der Waals surface area contributed by atoms with Gasteiger partial charge in [-0.2, -0.15) is 0 Å². The van der Waals surface area contributed by atoms with Crippen molar-refractivity contribution in [1.29, 1.82) is 0 Å². The van der Waals surface area contributed by atoms with Crippen LogP contribution in [0.2, 0.25) is 0 Å². The third-order valence-corrected chi connectivity index (χ3v) is 4.00. The highest BCUT2D eigenvalue weighted by Gasteiger charge is 2.48. The highest BCUT2D eigenvalue weighted by Crippen LogP contribution is 2.35. The lowest BCUT2D eigenvalue weighted by Gasteiger charge is -2.35. The highest BCUT2D eigenvalue weighted by atomic mass is 16.7. The molecular formula is C13H22N2O3. The molecule has 5 heteroatoms. The molecule has 2 fully saturated rings. The molecule has 2 saturated heterocycles. The van der Waals surface area contributed by atoms with E-state index in [2.05, 4.69) is 18.8 Å². The van der Waals surface area contributed by atoms with Crippen LogP contribution in [0.1, 0.15) is 26.7 Å². The molecule has 0 aromatic rings. The fraction of sp³-hybridized carbons (Fsp3) is 0.769. The number of amides is 1. The van der Waals surface area contributed by atoms with Crippen LogP contribution >= 0.6 is 0 Å². The second-order valence-electron chi connectivity index (χ2n) is 5.17. The van der Waals surface area contributed by atoms with Crippen molar-refractivity contribution in [3.05, 3.63) is 12.8 Å². The second kappa shape index (κ2) is 5.28. The van der Waals surface area contributed by atoms with Crippen molar-refractivity contribution in [3.8, 4) is 0 Å². The van der Waals surface area contributed by atoms with E-state index in [4.69, 9.17) is 9.47 Å². The number of carbonyl (C=O) groups is 1. The summed E-state index contributed by atoms with van der Waals surface area (Å²) in [5.41, 5.74) is -0.348. The summed E-state index contributed by atoms with van der Waals surface area (Å²) in [7, 11) is 0. The molecule has 1 unspecified atom stereocenters. The Bertz CT molecular complexity index is 323. The van der Waals surface area contributed by atoms with Gasteiger partial charge >= 0.3 is 0 Å². The standard InChI is InChI=1S/C13H22N2O3/c1-4-14-12-7-15(9-16)10(2)5-6-13(12)8-17-11(3)18-13/h4,9-12,14H,1,5-8H2,2-3H3/t10-,11?,12+,13-/m0/s1. The summed E-state index contributed by atoms with van der Waals surface area (Å²) in [4.78, 5) is 13.0. The molecule has 1 spiro atoms. The zero-order valence-electron chi connectivity index (χ0n) is 11.1. The number of carbonyl (C=O) groups excluding carboxylic acids is 1. The van der Waals surface area contributed by atoms with E-state index < -0.39 is 0 Å². The molecule has 2 heterocycles. The zero-order valence-corrected chi connectivity index (χ0v) is 11.1. The Morgan fingerprint density at radius 3 is 2.83 bits per heavy atom. The van der Waals surface area contributed by atoms with Crippen molar-refractivity contribution in [1.82, 2.24) is 10.2 Å². The van der Waals surface area contributed by atoms with E-state index in [1.165, 1.54) is 0 Å². The summed E-state index contributed by atoms with van der Waals surface area (Å²) in [6, 6.07) is 0.255. The molecular weight excluding hydrogens is 232 g/mol. The minimum absolute atomic E-state index is 0.0232. The summed E-state index contributed by atoms with van der Waals surface area (Å²) in [5, 5.41) is 3.22. The molecule has 0 radical (unpaired) electrons. The largest absolute Gasteiger partial charge is 0.384 e. The van der Waals surface area contributed by atoms with Crippen LogP contribution in [0.15, 0.2) is 12.8 Å². The van der Waals surface area contributed by atoms with E-state index in [1.807, 2.05) is 11.8 Å². The maximum Gasteiger partial charge on any atom is 0.210 e. The number of hydrogen-bond acceptors (Lipinski definition) is 4. The first kappa shape index (κ1) is 13.4. The molecule has 102 valence electrons. The molecule has 0 aliphatic carbocycles. The van der Waals surface area contributed by atoms with E-state index in [9.17, 15) is 4.79 Å². The number of ether oxygens (including phenoxy) is 2. The molecule has 0 aromatic heterocycles. The van der Waals surface area contributed by atoms with Crippen LogP contribution in [0.5, 0.6) is 0 Å². The Kier molecular flexibility index (Phi) is 3.92. The summed E-state index contributed by atoms with van der Waals surface area (Å²) in [6.07, 6.45) is 4.20. The van der Waals surface area contributed by atoms with Gasteiger partial charge in [-0.15, -0.1) is 0 Å². The summed E-state index contributed by atoms with van der Waals surface area (Å²) < 4.78 is 11.6. The number of likely N-dealkylation sites (tertiary alicyclic amines) is 1. The normalized spacial score (nSPS) is 40.6. The van der Waals surface area contributed by atoms with Crippen molar-refractivity contribution in [2.45, 2.75) is 50.7 Å². The van der Waals surface area contributed by atoms with Crippen LogP contribution in [0.4, 0.5) is 0 Å². The van der Waals surface area contributed by atoms with E-state index >= 15 is 0 Å². The molecule has 0 aromatic carbocycles. The molecule has 2 aliphatic heterocycles. The molecule has 0 saturated carbocycles. The number of nitrogens with one attached hydrogen (secondary N) is 1. The predicted octanol–water partition coefficient (Wildman–Crippen LogP) is 0.860. The summed E-state index contributed by atoms with van der Waals surface area (Å²) in [6.45, 7) is 8.88. The molecule has 5 nitrogen and oxygen atoms in total. The lowest BCUT2D eigenvalue weighted by Crippen LogP contribution is -2.54. The average molecular weight is 254 g/mol. The van der Waals surface area contributed by atoms with E-state index in [0.29, 0.717) is 13.2 Å². The third kappa shape index (κ3) is 2.37. The Labute approximate surface area is 108 Å². The minimum atomic E-state index is -0.348. The van der Waals surface area contributed by atoms with Crippen LogP contribution in [0.25, 0.3) is 0 Å². The van der Waals surface area contributed by atoms with Gasteiger partial charge in [0, 0.05) is 12.6 Å².